The third-order valence-corrected chi connectivity index (χ3v) is 6.76. The van der Waals surface area contributed by atoms with Crippen LogP contribution in [0.15, 0.2) is 0 Å². The highest BCUT2D eigenvalue weighted by molar-refractivity contribution is 7.86. The summed E-state index contributed by atoms with van der Waals surface area (Å²) >= 11 is 0. The van der Waals surface area contributed by atoms with Gasteiger partial charge in [-0.2, -0.15) is 17.0 Å². The highest BCUT2D eigenvalue weighted by Gasteiger charge is 2.36. The van der Waals surface area contributed by atoms with Gasteiger partial charge in [-0.3, -0.25) is 0 Å². The molecule has 0 spiro atoms. The van der Waals surface area contributed by atoms with Crippen molar-refractivity contribution in [2.45, 2.75) is 64.5 Å². The summed E-state index contributed by atoms with van der Waals surface area (Å²) in [4.78, 5) is 0. The zero-order chi connectivity index (χ0) is 15.5. The highest BCUT2D eigenvalue weighted by Crippen LogP contribution is 2.24. The van der Waals surface area contributed by atoms with Crippen LogP contribution in [0.5, 0.6) is 0 Å². The van der Waals surface area contributed by atoms with Gasteiger partial charge in [0, 0.05) is 38.8 Å². The summed E-state index contributed by atoms with van der Waals surface area (Å²) in [7, 11) is -1.59. The second-order valence-electron chi connectivity index (χ2n) is 6.74. The van der Waals surface area contributed by atoms with Crippen molar-refractivity contribution in [2.75, 3.05) is 26.7 Å². The summed E-state index contributed by atoms with van der Waals surface area (Å²) in [5.41, 5.74) is 0. The Morgan fingerprint density at radius 1 is 1.29 bits per heavy atom. The molecule has 2 fully saturated rings. The van der Waals surface area contributed by atoms with Gasteiger partial charge in [0.25, 0.3) is 10.2 Å². The standard InChI is InChI=1S/C15H31N3O2S/c1-4-13(2)12-17(3)21(19,20)18-10-6-5-7-15(18)11-16-14-8-9-14/h13-16H,4-12H2,1-3H3. The van der Waals surface area contributed by atoms with Crippen LogP contribution in [0.2, 0.25) is 0 Å². The van der Waals surface area contributed by atoms with Crippen LogP contribution in [0.25, 0.3) is 0 Å². The molecule has 0 aromatic heterocycles. The van der Waals surface area contributed by atoms with Crippen molar-refractivity contribution in [2.24, 2.45) is 5.92 Å². The third-order valence-electron chi connectivity index (χ3n) is 4.75. The Kier molecular flexibility index (Phi) is 6.05. The molecule has 1 aliphatic heterocycles. The van der Waals surface area contributed by atoms with E-state index in [-0.39, 0.29) is 6.04 Å². The van der Waals surface area contributed by atoms with Crippen molar-refractivity contribution in [3.8, 4) is 0 Å². The average Bonchev–Trinajstić information content (AvgIpc) is 3.29. The second kappa shape index (κ2) is 7.40. The summed E-state index contributed by atoms with van der Waals surface area (Å²) in [5, 5.41) is 3.49. The van der Waals surface area contributed by atoms with E-state index >= 15 is 0 Å². The molecule has 2 aliphatic rings. The molecule has 1 saturated heterocycles. The largest absolute Gasteiger partial charge is 0.312 e. The van der Waals surface area contributed by atoms with Crippen LogP contribution in [0, 0.1) is 5.92 Å². The minimum atomic E-state index is -3.32. The second-order valence-corrected chi connectivity index (χ2v) is 8.73. The fourth-order valence-electron chi connectivity index (χ4n) is 2.91. The Balaban J connectivity index is 1.99. The van der Waals surface area contributed by atoms with E-state index in [1.165, 1.54) is 12.8 Å². The van der Waals surface area contributed by atoms with Crippen LogP contribution in [-0.4, -0.2) is 55.8 Å². The lowest BCUT2D eigenvalue weighted by Gasteiger charge is -2.37. The van der Waals surface area contributed by atoms with Crippen molar-refractivity contribution in [1.82, 2.24) is 13.9 Å². The SMILES string of the molecule is CCC(C)CN(C)S(=O)(=O)N1CCCCC1CNC1CC1. The van der Waals surface area contributed by atoms with E-state index in [4.69, 9.17) is 0 Å². The first-order chi connectivity index (χ1) is 9.95. The van der Waals surface area contributed by atoms with Crippen molar-refractivity contribution >= 4 is 10.2 Å². The molecule has 1 heterocycles. The van der Waals surface area contributed by atoms with Gasteiger partial charge in [0.15, 0.2) is 0 Å². The maximum atomic E-state index is 12.8. The molecule has 0 radical (unpaired) electrons. The number of hydrogen-bond acceptors (Lipinski definition) is 3. The summed E-state index contributed by atoms with van der Waals surface area (Å²) in [6.45, 7) is 6.30. The van der Waals surface area contributed by atoms with Gasteiger partial charge in [0.1, 0.15) is 0 Å². The lowest BCUT2D eigenvalue weighted by molar-refractivity contribution is 0.226. The van der Waals surface area contributed by atoms with Gasteiger partial charge in [0.2, 0.25) is 0 Å². The van der Waals surface area contributed by atoms with Gasteiger partial charge in [-0.05, 0) is 31.6 Å². The maximum Gasteiger partial charge on any atom is 0.282 e. The zero-order valence-corrected chi connectivity index (χ0v) is 14.5. The first-order valence-electron chi connectivity index (χ1n) is 8.41. The smallest absolute Gasteiger partial charge is 0.282 e. The van der Waals surface area contributed by atoms with Gasteiger partial charge in [0.05, 0.1) is 0 Å². The van der Waals surface area contributed by atoms with E-state index in [2.05, 4.69) is 19.2 Å². The van der Waals surface area contributed by atoms with Crippen LogP contribution < -0.4 is 5.32 Å². The molecule has 1 N–H and O–H groups in total. The molecule has 6 heteroatoms. The summed E-state index contributed by atoms with van der Waals surface area (Å²) in [6.07, 6.45) is 6.60. The van der Waals surface area contributed by atoms with Crippen LogP contribution >= 0.6 is 0 Å². The molecule has 0 bridgehead atoms. The molecule has 1 saturated carbocycles. The van der Waals surface area contributed by atoms with Crippen molar-refractivity contribution < 1.29 is 8.42 Å². The minimum Gasteiger partial charge on any atom is -0.312 e. The van der Waals surface area contributed by atoms with Gasteiger partial charge in [-0.15, -0.1) is 0 Å². The molecule has 0 aromatic rings. The molecule has 21 heavy (non-hydrogen) atoms. The molecule has 1 aliphatic carbocycles. The van der Waals surface area contributed by atoms with Crippen LogP contribution in [-0.2, 0) is 10.2 Å². The van der Waals surface area contributed by atoms with Gasteiger partial charge < -0.3 is 5.32 Å². The monoisotopic (exact) mass is 317 g/mol. The molecule has 2 rings (SSSR count). The molecule has 5 nitrogen and oxygen atoms in total. The Bertz CT molecular complexity index is 423. The summed E-state index contributed by atoms with van der Waals surface area (Å²) < 4.78 is 29.0. The Morgan fingerprint density at radius 3 is 2.62 bits per heavy atom. The maximum absolute atomic E-state index is 12.8. The van der Waals surface area contributed by atoms with Gasteiger partial charge >= 0.3 is 0 Å². The van der Waals surface area contributed by atoms with E-state index in [0.717, 1.165) is 32.2 Å². The summed E-state index contributed by atoms with van der Waals surface area (Å²) in [5.74, 6) is 0.401. The molecule has 0 aromatic carbocycles. The summed E-state index contributed by atoms with van der Waals surface area (Å²) in [6, 6.07) is 0.762. The Labute approximate surface area is 130 Å². The van der Waals surface area contributed by atoms with Crippen molar-refractivity contribution in [3.63, 3.8) is 0 Å². The molecular weight excluding hydrogens is 286 g/mol. The van der Waals surface area contributed by atoms with E-state index in [1.807, 2.05) is 0 Å². The average molecular weight is 317 g/mol. The lowest BCUT2D eigenvalue weighted by atomic mass is 10.1. The topological polar surface area (TPSA) is 52.7 Å². The number of hydrogen-bond donors (Lipinski definition) is 1. The number of nitrogens with one attached hydrogen (secondary N) is 1. The molecular formula is C15H31N3O2S. The van der Waals surface area contributed by atoms with Gasteiger partial charge in [-0.1, -0.05) is 26.7 Å². The fourth-order valence-corrected chi connectivity index (χ4v) is 4.63. The number of rotatable bonds is 8. The first-order valence-corrected chi connectivity index (χ1v) is 9.81. The molecule has 2 unspecified atom stereocenters. The first kappa shape index (κ1) is 17.2. The third kappa shape index (κ3) is 4.65. The van der Waals surface area contributed by atoms with Crippen LogP contribution in [0.4, 0.5) is 0 Å². The predicted molar refractivity (Wildman–Crippen MR) is 86.4 cm³/mol. The van der Waals surface area contributed by atoms with Crippen molar-refractivity contribution in [1.29, 1.82) is 0 Å². The normalized spacial score (nSPS) is 26.2. The zero-order valence-electron chi connectivity index (χ0n) is 13.7. The van der Waals surface area contributed by atoms with Crippen LogP contribution in [0.3, 0.4) is 0 Å². The fraction of sp³-hybridized carbons (Fsp3) is 1.00. The lowest BCUT2D eigenvalue weighted by Crippen LogP contribution is -2.53. The van der Waals surface area contributed by atoms with Gasteiger partial charge in [-0.25, -0.2) is 0 Å². The number of piperidine rings is 1. The quantitative estimate of drug-likeness (QED) is 0.743. The van der Waals surface area contributed by atoms with E-state index in [1.54, 1.807) is 15.7 Å². The predicted octanol–water partition coefficient (Wildman–Crippen LogP) is 1.82. The minimum absolute atomic E-state index is 0.128. The van der Waals surface area contributed by atoms with E-state index in [9.17, 15) is 8.42 Å². The molecule has 0 amide bonds. The van der Waals surface area contributed by atoms with Crippen LogP contribution in [0.1, 0.15) is 52.4 Å². The van der Waals surface area contributed by atoms with E-state index < -0.39 is 10.2 Å². The Hall–Kier alpha value is -0.170. The Morgan fingerprint density at radius 2 is 2.00 bits per heavy atom. The number of nitrogens with zero attached hydrogens (tertiary/aromatic N) is 2. The highest BCUT2D eigenvalue weighted by atomic mass is 32.2. The molecule has 124 valence electrons. The van der Waals surface area contributed by atoms with Crippen molar-refractivity contribution in [3.05, 3.63) is 0 Å². The molecule has 2 atom stereocenters. The van der Waals surface area contributed by atoms with E-state index in [0.29, 0.717) is 25.0 Å².